The Morgan fingerprint density at radius 1 is 0.535 bits per heavy atom. The predicted molar refractivity (Wildman–Crippen MR) is 182 cm³/mol. The van der Waals surface area contributed by atoms with Crippen LogP contribution in [-0.2, 0) is 0 Å². The van der Waals surface area contributed by atoms with Crippen LogP contribution in [0.15, 0.2) is 120 Å². The summed E-state index contributed by atoms with van der Waals surface area (Å²) in [7, 11) is 0. The molecule has 43 heavy (non-hydrogen) atoms. The van der Waals surface area contributed by atoms with Crippen molar-refractivity contribution in [2.24, 2.45) is 0 Å². The van der Waals surface area contributed by atoms with Gasteiger partial charge in [0.2, 0.25) is 0 Å². The third-order valence-corrected chi connectivity index (χ3v) is 8.19. The van der Waals surface area contributed by atoms with E-state index in [-0.39, 0.29) is 38.9 Å². The van der Waals surface area contributed by atoms with E-state index in [4.69, 9.17) is 20.9 Å². The topological polar surface area (TPSA) is 26.0 Å². The summed E-state index contributed by atoms with van der Waals surface area (Å²) in [5, 5.41) is 5.89. The van der Waals surface area contributed by atoms with Gasteiger partial charge in [0.1, 0.15) is 11.2 Å². The Morgan fingerprint density at radius 2 is 1.30 bits per heavy atom. The number of aromatic nitrogens is 1. The lowest BCUT2D eigenvalue weighted by Gasteiger charge is -2.16. The van der Waals surface area contributed by atoms with Crippen LogP contribution in [0.3, 0.4) is 0 Å². The summed E-state index contributed by atoms with van der Waals surface area (Å²) < 4.78 is 106. The molecule has 2 aromatic heterocycles. The quantitative estimate of drug-likeness (QED) is 0.199. The van der Waals surface area contributed by atoms with Crippen molar-refractivity contribution >= 4 is 43.5 Å². The molecule has 0 aliphatic rings. The molecule has 2 heterocycles. The van der Waals surface area contributed by atoms with Gasteiger partial charge in [-0.2, -0.15) is 0 Å². The first-order valence-electron chi connectivity index (χ1n) is 19.9. The van der Waals surface area contributed by atoms with Crippen molar-refractivity contribution in [3.05, 3.63) is 138 Å². The van der Waals surface area contributed by atoms with Crippen LogP contribution in [0.2, 0.25) is 0 Å². The fourth-order valence-electron chi connectivity index (χ4n) is 6.04. The molecule has 0 radical (unpaired) electrons. The first kappa shape index (κ1) is 15.9. The summed E-state index contributed by atoms with van der Waals surface area (Å²) >= 11 is 0. The highest BCUT2D eigenvalue weighted by molar-refractivity contribution is 6.17. The number of furan rings is 1. The maximum absolute atomic E-state index is 8.54. The molecule has 0 unspecified atom stereocenters. The number of benzene rings is 6. The minimum absolute atomic E-state index is 0.0174. The Morgan fingerprint density at radius 3 is 2.16 bits per heavy atom. The fourth-order valence-corrected chi connectivity index (χ4v) is 6.04. The Bertz CT molecular complexity index is 2810. The molecule has 8 rings (SSSR count). The van der Waals surface area contributed by atoms with Gasteiger partial charge in [-0.15, -0.1) is 0 Å². The fraction of sp³-hybridized carbons (Fsp3) is 0.0976. The molecule has 0 aliphatic heterocycles. The van der Waals surface area contributed by atoms with Gasteiger partial charge in [0.25, 0.3) is 0 Å². The van der Waals surface area contributed by atoms with E-state index in [1.54, 1.807) is 6.07 Å². The lowest BCUT2D eigenvalue weighted by Crippen LogP contribution is -1.94. The van der Waals surface area contributed by atoms with Crippen molar-refractivity contribution in [3.8, 4) is 33.5 Å². The molecule has 0 fully saturated rings. The van der Waals surface area contributed by atoms with Gasteiger partial charge in [-0.1, -0.05) is 90.5 Å². The minimum Gasteiger partial charge on any atom is -0.455 e. The number of nitrogens with zero attached hydrogens (tertiary/aromatic N) is 1. The highest BCUT2D eigenvalue weighted by atomic mass is 16.3. The van der Waals surface area contributed by atoms with Crippen molar-refractivity contribution in [2.75, 3.05) is 0 Å². The SMILES string of the molecule is [2H]C([2H])([2H])c1ccc(-c2cc(C([2H])([2H])[2H])c(-c3cc(-c4cccc5c4oc4cc6c(ccc7ccccc76)cc45)ncc3C([2H])([2H])[2H])cc2C([2H])([2H])[2H])cc1. The zero-order chi connectivity index (χ0) is 39.2. The summed E-state index contributed by atoms with van der Waals surface area (Å²) in [5.41, 5.74) is 1.45. The molecule has 0 spiro atoms. The first-order chi connectivity index (χ1) is 25.8. The smallest absolute Gasteiger partial charge is 0.144 e. The molecule has 0 amide bonds. The normalized spacial score (nSPS) is 17.0. The number of para-hydroxylation sites is 1. The van der Waals surface area contributed by atoms with Gasteiger partial charge in [-0.25, -0.2) is 0 Å². The van der Waals surface area contributed by atoms with E-state index in [0.29, 0.717) is 28.0 Å². The van der Waals surface area contributed by atoms with E-state index in [9.17, 15) is 0 Å². The molecular weight excluding hydrogens is 522 g/mol. The maximum Gasteiger partial charge on any atom is 0.144 e. The maximum atomic E-state index is 8.54. The molecule has 0 aliphatic carbocycles. The Balaban J connectivity index is 1.37. The monoisotopic (exact) mass is 565 g/mol. The summed E-state index contributed by atoms with van der Waals surface area (Å²) in [5.74, 6) is 0. The number of aryl methyl sites for hydroxylation is 4. The average molecular weight is 566 g/mol. The van der Waals surface area contributed by atoms with Crippen LogP contribution in [0.25, 0.3) is 77.0 Å². The molecule has 2 heteroatoms. The Hall–Kier alpha value is -5.21. The molecule has 0 atom stereocenters. The van der Waals surface area contributed by atoms with Crippen molar-refractivity contribution < 1.29 is 20.9 Å². The lowest BCUT2D eigenvalue weighted by molar-refractivity contribution is 0.670. The molecule has 0 N–H and O–H groups in total. The molecule has 2 nitrogen and oxygen atoms in total. The summed E-state index contributed by atoms with van der Waals surface area (Å²) in [6, 6.07) is 31.3. The Labute approximate surface area is 268 Å². The van der Waals surface area contributed by atoms with Crippen molar-refractivity contribution in [1.29, 1.82) is 0 Å². The predicted octanol–water partition coefficient (Wildman–Crippen LogP) is 11.5. The van der Waals surface area contributed by atoms with E-state index < -0.39 is 27.4 Å². The molecule has 6 aromatic carbocycles. The van der Waals surface area contributed by atoms with Crippen molar-refractivity contribution in [3.63, 3.8) is 0 Å². The van der Waals surface area contributed by atoms with Crippen LogP contribution in [0.4, 0.5) is 0 Å². The second-order valence-corrected chi connectivity index (χ2v) is 10.8. The zero-order valence-electron chi connectivity index (χ0n) is 34.8. The van der Waals surface area contributed by atoms with E-state index in [1.165, 1.54) is 48.7 Å². The van der Waals surface area contributed by atoms with Gasteiger partial charge in [0, 0.05) is 39.0 Å². The highest BCUT2D eigenvalue weighted by Gasteiger charge is 2.17. The van der Waals surface area contributed by atoms with Gasteiger partial charge in [-0.05, 0) is 112 Å². The molecule has 0 saturated heterocycles. The van der Waals surface area contributed by atoms with Crippen molar-refractivity contribution in [1.82, 2.24) is 4.98 Å². The van der Waals surface area contributed by atoms with Crippen LogP contribution >= 0.6 is 0 Å². The first-order valence-corrected chi connectivity index (χ1v) is 13.9. The highest BCUT2D eigenvalue weighted by Crippen LogP contribution is 2.40. The minimum atomic E-state index is -2.82. The molecule has 8 aromatic rings. The number of fused-ring (bicyclic) bond motifs is 6. The van der Waals surface area contributed by atoms with Crippen LogP contribution in [0.1, 0.15) is 38.7 Å². The summed E-state index contributed by atoms with van der Waals surface area (Å²) in [6.07, 6.45) is 1.18. The molecule has 206 valence electrons. The zero-order valence-corrected chi connectivity index (χ0v) is 22.8. The number of pyridine rings is 1. The van der Waals surface area contributed by atoms with E-state index in [2.05, 4.69) is 29.2 Å². The summed E-state index contributed by atoms with van der Waals surface area (Å²) in [4.78, 5) is 4.56. The molecule has 0 saturated carbocycles. The van der Waals surface area contributed by atoms with E-state index >= 15 is 0 Å². The van der Waals surface area contributed by atoms with E-state index in [1.807, 2.05) is 36.4 Å². The third kappa shape index (κ3) is 4.13. The van der Waals surface area contributed by atoms with Crippen LogP contribution in [-0.4, -0.2) is 4.98 Å². The molecule has 0 bridgehead atoms. The van der Waals surface area contributed by atoms with Crippen LogP contribution in [0.5, 0.6) is 0 Å². The van der Waals surface area contributed by atoms with Gasteiger partial charge in [-0.3, -0.25) is 4.98 Å². The number of hydrogen-bond donors (Lipinski definition) is 0. The third-order valence-electron chi connectivity index (χ3n) is 8.19. The standard InChI is InChI=1S/C41H31NO/c1-24-12-14-29(15-13-24)34-18-26(3)35(19-25(34)2)36-21-39(42-23-27(36)4)33-11-7-10-32-38-20-30-17-16-28-8-5-6-9-31(28)37(30)22-40(38)43-41(32)33/h5-23H,1-4H3/i1D3,2D3,3D3,4D3. The second kappa shape index (κ2) is 9.68. The summed E-state index contributed by atoms with van der Waals surface area (Å²) in [6.45, 7) is -10.8. The second-order valence-electron chi connectivity index (χ2n) is 10.8. The number of hydrogen-bond acceptors (Lipinski definition) is 2. The van der Waals surface area contributed by atoms with Gasteiger partial charge in [0.15, 0.2) is 0 Å². The lowest BCUT2D eigenvalue weighted by atomic mass is 9.90. The average Bonchev–Trinajstić information content (AvgIpc) is 3.49. The van der Waals surface area contributed by atoms with Crippen LogP contribution < -0.4 is 0 Å². The number of rotatable bonds is 3. The van der Waals surface area contributed by atoms with Gasteiger partial charge in [0.05, 0.1) is 5.69 Å². The van der Waals surface area contributed by atoms with E-state index in [0.717, 1.165) is 32.3 Å². The largest absolute Gasteiger partial charge is 0.455 e. The van der Waals surface area contributed by atoms with Gasteiger partial charge >= 0.3 is 0 Å². The van der Waals surface area contributed by atoms with Gasteiger partial charge < -0.3 is 4.42 Å². The Kier molecular flexibility index (Phi) is 3.57. The molecular formula is C41H31NO. The van der Waals surface area contributed by atoms with Crippen LogP contribution in [0, 0.1) is 27.4 Å². The van der Waals surface area contributed by atoms with Crippen molar-refractivity contribution in [2.45, 2.75) is 27.4 Å².